The fourth-order valence-electron chi connectivity index (χ4n) is 3.64. The molecule has 0 spiro atoms. The summed E-state index contributed by atoms with van der Waals surface area (Å²) in [4.78, 5) is 18.5. The Morgan fingerprint density at radius 2 is 2.12 bits per heavy atom. The number of carbonyl (C=O) groups is 1. The minimum atomic E-state index is -1.00. The maximum Gasteiger partial charge on any atom is 0.315 e. The molecular formula is C18H21N3O4. The lowest BCUT2D eigenvalue weighted by Crippen LogP contribution is -2.45. The van der Waals surface area contributed by atoms with Gasteiger partial charge in [-0.3, -0.25) is 4.79 Å². The third-order valence-electron chi connectivity index (χ3n) is 5.09. The molecule has 1 aromatic heterocycles. The molecule has 1 N–H and O–H groups in total. The van der Waals surface area contributed by atoms with E-state index in [1.54, 1.807) is 0 Å². The van der Waals surface area contributed by atoms with E-state index in [-0.39, 0.29) is 17.9 Å². The van der Waals surface area contributed by atoms with Gasteiger partial charge in [0.2, 0.25) is 5.89 Å². The maximum atomic E-state index is 12.1. The molecule has 2 aromatic rings. The Labute approximate surface area is 145 Å². The number of para-hydroxylation sites is 1. The molecule has 0 saturated carbocycles. The van der Waals surface area contributed by atoms with Gasteiger partial charge in [0, 0.05) is 30.0 Å². The van der Waals surface area contributed by atoms with Crippen molar-refractivity contribution in [1.82, 2.24) is 10.1 Å². The topological polar surface area (TPSA) is 88.7 Å². The van der Waals surface area contributed by atoms with Gasteiger partial charge in [-0.1, -0.05) is 39.0 Å². The highest BCUT2D eigenvalue weighted by molar-refractivity contribution is 5.79. The highest BCUT2D eigenvalue weighted by Crippen LogP contribution is 2.50. The number of carboxylic acids is 1. The van der Waals surface area contributed by atoms with E-state index >= 15 is 0 Å². The Hall–Kier alpha value is -2.57. The van der Waals surface area contributed by atoms with Crippen molar-refractivity contribution in [3.63, 3.8) is 0 Å². The van der Waals surface area contributed by atoms with Crippen LogP contribution in [0.2, 0.25) is 0 Å². The van der Waals surface area contributed by atoms with Gasteiger partial charge in [-0.05, 0) is 11.2 Å². The van der Waals surface area contributed by atoms with Gasteiger partial charge in [0.05, 0.1) is 0 Å². The first kappa shape index (κ1) is 15.9. The second kappa shape index (κ2) is 5.21. The summed E-state index contributed by atoms with van der Waals surface area (Å²) < 4.78 is 11.2. The molecule has 0 bridgehead atoms. The molecule has 1 saturated heterocycles. The van der Waals surface area contributed by atoms with Crippen molar-refractivity contribution in [2.45, 2.75) is 32.1 Å². The zero-order chi connectivity index (χ0) is 17.8. The minimum Gasteiger partial charge on any atom is -0.492 e. The molecule has 0 unspecified atom stereocenters. The number of fused-ring (bicyclic) bond motifs is 3. The number of hydrogen-bond acceptors (Lipinski definition) is 6. The molecule has 1 aromatic carbocycles. The van der Waals surface area contributed by atoms with Crippen molar-refractivity contribution in [2.24, 2.45) is 5.41 Å². The van der Waals surface area contributed by atoms with Crippen LogP contribution >= 0.6 is 0 Å². The normalized spacial score (nSPS) is 25.2. The lowest BCUT2D eigenvalue weighted by Gasteiger charge is -2.35. The number of aromatic nitrogens is 2. The maximum absolute atomic E-state index is 12.1. The summed E-state index contributed by atoms with van der Waals surface area (Å²) in [6, 6.07) is 7.63. The van der Waals surface area contributed by atoms with E-state index in [0.29, 0.717) is 24.9 Å². The molecule has 3 heterocycles. The van der Waals surface area contributed by atoms with Gasteiger partial charge in [0.1, 0.15) is 17.8 Å². The monoisotopic (exact) mass is 343 g/mol. The summed E-state index contributed by atoms with van der Waals surface area (Å²) in [5.74, 6) is 0.714. The van der Waals surface area contributed by atoms with Gasteiger partial charge < -0.3 is 19.3 Å². The average molecular weight is 343 g/mol. The third-order valence-corrected chi connectivity index (χ3v) is 5.09. The lowest BCUT2D eigenvalue weighted by molar-refractivity contribution is -0.151. The molecule has 132 valence electrons. The predicted molar refractivity (Wildman–Crippen MR) is 90.0 cm³/mol. The molecule has 0 radical (unpaired) electrons. The van der Waals surface area contributed by atoms with E-state index in [4.69, 9.17) is 9.26 Å². The molecule has 2 aliphatic rings. The fourth-order valence-corrected chi connectivity index (χ4v) is 3.64. The van der Waals surface area contributed by atoms with Crippen LogP contribution in [0.1, 0.15) is 38.1 Å². The third kappa shape index (κ3) is 2.37. The smallest absolute Gasteiger partial charge is 0.315 e. The molecule has 4 rings (SSSR count). The Morgan fingerprint density at radius 3 is 2.80 bits per heavy atom. The van der Waals surface area contributed by atoms with Crippen LogP contribution in [0.4, 0.5) is 5.95 Å². The van der Waals surface area contributed by atoms with E-state index in [0.717, 1.165) is 11.3 Å². The van der Waals surface area contributed by atoms with Gasteiger partial charge in [-0.2, -0.15) is 4.98 Å². The quantitative estimate of drug-likeness (QED) is 0.896. The van der Waals surface area contributed by atoms with Gasteiger partial charge >= 0.3 is 5.97 Å². The van der Waals surface area contributed by atoms with Crippen molar-refractivity contribution < 1.29 is 19.2 Å². The molecule has 2 atom stereocenters. The summed E-state index contributed by atoms with van der Waals surface area (Å²) in [6.45, 7) is 6.95. The first-order valence-corrected chi connectivity index (χ1v) is 8.35. The van der Waals surface area contributed by atoms with Crippen molar-refractivity contribution in [3.05, 3.63) is 35.7 Å². The Morgan fingerprint density at radius 1 is 1.36 bits per heavy atom. The van der Waals surface area contributed by atoms with E-state index < -0.39 is 11.4 Å². The number of rotatable bonds is 2. The van der Waals surface area contributed by atoms with Crippen molar-refractivity contribution >= 4 is 11.9 Å². The van der Waals surface area contributed by atoms with Crippen LogP contribution in [0.3, 0.4) is 0 Å². The summed E-state index contributed by atoms with van der Waals surface area (Å²) >= 11 is 0. The first-order valence-electron chi connectivity index (χ1n) is 8.35. The molecule has 0 amide bonds. The standard InChI is InChI=1S/C18H21N3O4/c1-17(2,3)14-19-16(20-25-14)21-8-12-11-6-4-5-7-13(11)24-10-18(12,9-21)15(22)23/h4-7,12H,8-10H2,1-3H3,(H,22,23)/t12-,18-/m1/s1. The van der Waals surface area contributed by atoms with Crippen LogP contribution in [0.25, 0.3) is 0 Å². The lowest BCUT2D eigenvalue weighted by atomic mass is 9.73. The average Bonchev–Trinajstić information content (AvgIpc) is 3.19. The summed E-state index contributed by atoms with van der Waals surface area (Å²) in [5.41, 5.74) is -0.326. The van der Waals surface area contributed by atoms with Crippen LogP contribution in [0, 0.1) is 5.41 Å². The van der Waals surface area contributed by atoms with Crippen molar-refractivity contribution in [3.8, 4) is 5.75 Å². The number of ether oxygens (including phenoxy) is 1. The van der Waals surface area contributed by atoms with Crippen LogP contribution in [0.5, 0.6) is 5.75 Å². The van der Waals surface area contributed by atoms with E-state index in [1.165, 1.54) is 0 Å². The molecule has 1 fully saturated rings. The molecule has 0 aliphatic carbocycles. The Kier molecular flexibility index (Phi) is 3.32. The highest BCUT2D eigenvalue weighted by Gasteiger charge is 2.57. The van der Waals surface area contributed by atoms with Crippen LogP contribution in [-0.4, -0.2) is 40.9 Å². The summed E-state index contributed by atoms with van der Waals surface area (Å²) in [5, 5.41) is 14.0. The zero-order valence-corrected chi connectivity index (χ0v) is 14.5. The van der Waals surface area contributed by atoms with Gasteiger partial charge in [-0.15, -0.1) is 0 Å². The van der Waals surface area contributed by atoms with Crippen LogP contribution in [-0.2, 0) is 10.2 Å². The molecule has 7 nitrogen and oxygen atoms in total. The number of carboxylic acid groups (broad SMARTS) is 1. The minimum absolute atomic E-state index is 0.143. The second-order valence-corrected chi connectivity index (χ2v) is 7.87. The first-order chi connectivity index (χ1) is 11.8. The van der Waals surface area contributed by atoms with Crippen LogP contribution < -0.4 is 9.64 Å². The number of hydrogen-bond donors (Lipinski definition) is 1. The number of nitrogens with zero attached hydrogens (tertiary/aromatic N) is 3. The number of benzene rings is 1. The van der Waals surface area contributed by atoms with Gasteiger partial charge in [0.25, 0.3) is 5.95 Å². The predicted octanol–water partition coefficient (Wildman–Crippen LogP) is 2.43. The SMILES string of the molecule is CC(C)(C)c1nc(N2C[C@@H]3c4ccccc4OC[C@]3(C(=O)O)C2)no1. The Bertz CT molecular complexity index is 826. The zero-order valence-electron chi connectivity index (χ0n) is 14.5. The van der Waals surface area contributed by atoms with Gasteiger partial charge in [-0.25, -0.2) is 0 Å². The summed E-state index contributed by atoms with van der Waals surface area (Å²) in [6.07, 6.45) is 0. The fraction of sp³-hybridized carbons (Fsp3) is 0.500. The second-order valence-electron chi connectivity index (χ2n) is 7.87. The Balaban J connectivity index is 1.72. The van der Waals surface area contributed by atoms with E-state index in [9.17, 15) is 9.90 Å². The van der Waals surface area contributed by atoms with Gasteiger partial charge in [0.15, 0.2) is 0 Å². The molecule has 2 aliphatic heterocycles. The summed E-state index contributed by atoms with van der Waals surface area (Å²) in [7, 11) is 0. The molecule has 25 heavy (non-hydrogen) atoms. The molecular weight excluding hydrogens is 322 g/mol. The highest BCUT2D eigenvalue weighted by atomic mass is 16.5. The van der Waals surface area contributed by atoms with E-state index in [1.807, 2.05) is 49.9 Å². The van der Waals surface area contributed by atoms with E-state index in [2.05, 4.69) is 10.1 Å². The number of aliphatic carboxylic acids is 1. The van der Waals surface area contributed by atoms with Crippen molar-refractivity contribution in [2.75, 3.05) is 24.6 Å². The largest absolute Gasteiger partial charge is 0.492 e. The van der Waals surface area contributed by atoms with Crippen LogP contribution in [0.15, 0.2) is 28.8 Å². The molecule has 7 heteroatoms. The number of anilines is 1. The van der Waals surface area contributed by atoms with Crippen molar-refractivity contribution in [1.29, 1.82) is 0 Å².